The molecule has 3 aromatic rings. The van der Waals surface area contributed by atoms with Crippen LogP contribution in [0.4, 0.5) is 0 Å². The normalized spacial score (nSPS) is 16.1. The summed E-state index contributed by atoms with van der Waals surface area (Å²) in [5.41, 5.74) is 3.90. The maximum atomic E-state index is 12.4. The van der Waals surface area contributed by atoms with Gasteiger partial charge >= 0.3 is 0 Å². The average Bonchev–Trinajstić information content (AvgIpc) is 3.10. The average molecular weight is 324 g/mol. The van der Waals surface area contributed by atoms with E-state index in [4.69, 9.17) is 4.74 Å². The van der Waals surface area contributed by atoms with Crippen molar-refractivity contribution < 1.29 is 9.53 Å². The molecule has 0 aliphatic carbocycles. The maximum absolute atomic E-state index is 12.4. The fourth-order valence-electron chi connectivity index (χ4n) is 2.96. The second-order valence-electron chi connectivity index (χ2n) is 6.39. The molecule has 0 spiro atoms. The lowest BCUT2D eigenvalue weighted by Gasteiger charge is -2.25. The van der Waals surface area contributed by atoms with Gasteiger partial charge in [-0.25, -0.2) is 0 Å². The molecule has 1 aliphatic heterocycles. The molecule has 0 bridgehead atoms. The second-order valence-corrected chi connectivity index (χ2v) is 6.39. The van der Waals surface area contributed by atoms with Crippen molar-refractivity contribution >= 4 is 16.8 Å². The summed E-state index contributed by atoms with van der Waals surface area (Å²) in [6.07, 6.45) is 3.40. The van der Waals surface area contributed by atoms with E-state index in [9.17, 15) is 4.79 Å². The monoisotopic (exact) mass is 324 g/mol. The van der Waals surface area contributed by atoms with Crippen molar-refractivity contribution in [3.63, 3.8) is 0 Å². The van der Waals surface area contributed by atoms with Crippen LogP contribution in [-0.2, 0) is 4.74 Å². The Bertz CT molecular complexity index is 891. The van der Waals surface area contributed by atoms with E-state index in [-0.39, 0.29) is 18.0 Å². The van der Waals surface area contributed by atoms with Crippen molar-refractivity contribution in [3.8, 4) is 0 Å². The Morgan fingerprint density at radius 2 is 2.25 bits per heavy atom. The number of hydrogen-bond acceptors (Lipinski definition) is 3. The molecule has 124 valence electrons. The smallest absolute Gasteiger partial charge is 0.254 e. The fraction of sp³-hybridized carbons (Fsp3) is 0.333. The second kappa shape index (κ2) is 5.79. The summed E-state index contributed by atoms with van der Waals surface area (Å²) in [6.45, 7) is 5.35. The number of carbonyl (C=O) groups is 1. The number of nitrogens with one attached hydrogen (secondary N) is 2. The quantitative estimate of drug-likeness (QED) is 0.775. The van der Waals surface area contributed by atoms with Crippen LogP contribution in [0.15, 0.2) is 36.7 Å². The van der Waals surface area contributed by atoms with Crippen LogP contribution in [0.3, 0.4) is 0 Å². The highest BCUT2D eigenvalue weighted by Crippen LogP contribution is 2.22. The van der Waals surface area contributed by atoms with Gasteiger partial charge < -0.3 is 15.0 Å². The number of fused-ring (bicyclic) bond motifs is 1. The molecular formula is C18H20N4O2. The van der Waals surface area contributed by atoms with Crippen LogP contribution in [0, 0.1) is 6.92 Å². The van der Waals surface area contributed by atoms with Crippen LogP contribution in [0.2, 0.25) is 0 Å². The minimum Gasteiger partial charge on any atom is -0.377 e. The summed E-state index contributed by atoms with van der Waals surface area (Å²) in [4.78, 5) is 15.7. The largest absolute Gasteiger partial charge is 0.377 e. The number of aromatic nitrogens is 3. The van der Waals surface area contributed by atoms with Crippen molar-refractivity contribution in [1.29, 1.82) is 0 Å². The van der Waals surface area contributed by atoms with Gasteiger partial charge in [0.05, 0.1) is 37.1 Å². The van der Waals surface area contributed by atoms with Crippen molar-refractivity contribution in [3.05, 3.63) is 53.5 Å². The summed E-state index contributed by atoms with van der Waals surface area (Å²) in [5, 5.41) is 8.45. The van der Waals surface area contributed by atoms with Gasteiger partial charge in [-0.15, -0.1) is 0 Å². The number of benzene rings is 1. The Kier molecular flexibility index (Phi) is 3.61. The Morgan fingerprint density at radius 1 is 1.42 bits per heavy atom. The molecule has 2 aromatic heterocycles. The third-order valence-corrected chi connectivity index (χ3v) is 4.49. The van der Waals surface area contributed by atoms with Gasteiger partial charge in [-0.3, -0.25) is 9.48 Å². The van der Waals surface area contributed by atoms with Crippen LogP contribution in [0.5, 0.6) is 0 Å². The number of aryl methyl sites for hydroxylation is 1. The maximum Gasteiger partial charge on any atom is 0.254 e. The molecule has 1 saturated heterocycles. The zero-order chi connectivity index (χ0) is 16.7. The standard InChI is InChI=1S/C18H20N4O2/c1-11-5-14-6-13(3-4-17(14)20-11)12(2)21-18(23)15-7-19-22(8-15)16-9-24-10-16/h3-8,12,16,20H,9-10H2,1-2H3,(H,21,23). The molecule has 24 heavy (non-hydrogen) atoms. The number of aromatic amines is 1. The summed E-state index contributed by atoms with van der Waals surface area (Å²) < 4.78 is 6.96. The Labute approximate surface area is 139 Å². The van der Waals surface area contributed by atoms with E-state index >= 15 is 0 Å². The van der Waals surface area contributed by atoms with Crippen LogP contribution in [0.25, 0.3) is 10.9 Å². The van der Waals surface area contributed by atoms with E-state index in [1.807, 2.05) is 19.9 Å². The highest BCUT2D eigenvalue weighted by molar-refractivity contribution is 5.94. The third-order valence-electron chi connectivity index (χ3n) is 4.49. The molecule has 2 N–H and O–H groups in total. The van der Waals surface area contributed by atoms with Gasteiger partial charge in [0, 0.05) is 17.4 Å². The molecule has 4 rings (SSSR count). The number of hydrogen-bond donors (Lipinski definition) is 2. The van der Waals surface area contributed by atoms with Gasteiger partial charge in [-0.05, 0) is 43.0 Å². The van der Waals surface area contributed by atoms with Crippen molar-refractivity contribution in [1.82, 2.24) is 20.1 Å². The first kappa shape index (κ1) is 15.0. The zero-order valence-corrected chi connectivity index (χ0v) is 13.7. The number of rotatable bonds is 4. The first-order chi connectivity index (χ1) is 11.6. The van der Waals surface area contributed by atoms with Crippen LogP contribution in [-0.4, -0.2) is 33.9 Å². The molecule has 6 nitrogen and oxygen atoms in total. The van der Waals surface area contributed by atoms with Gasteiger partial charge in [0.15, 0.2) is 0 Å². The van der Waals surface area contributed by atoms with E-state index < -0.39 is 0 Å². The summed E-state index contributed by atoms with van der Waals surface area (Å²) in [5.74, 6) is -0.112. The lowest BCUT2D eigenvalue weighted by Crippen LogP contribution is -2.31. The predicted octanol–water partition coefficient (Wildman–Crippen LogP) is 2.74. The molecule has 0 saturated carbocycles. The minimum atomic E-state index is -0.112. The Balaban J connectivity index is 1.48. The highest BCUT2D eigenvalue weighted by atomic mass is 16.5. The van der Waals surface area contributed by atoms with E-state index in [0.717, 1.165) is 22.2 Å². The van der Waals surface area contributed by atoms with Crippen molar-refractivity contribution in [2.75, 3.05) is 13.2 Å². The Morgan fingerprint density at radius 3 is 3.00 bits per heavy atom. The number of nitrogens with zero attached hydrogens (tertiary/aromatic N) is 2. The molecule has 1 amide bonds. The molecule has 1 atom stereocenters. The number of carbonyl (C=O) groups excluding carboxylic acids is 1. The van der Waals surface area contributed by atoms with Gasteiger partial charge in [0.1, 0.15) is 0 Å². The molecule has 6 heteroatoms. The SMILES string of the molecule is Cc1cc2cc(C(C)NC(=O)c3cnn(C4COC4)c3)ccc2[nH]1. The van der Waals surface area contributed by atoms with Crippen LogP contribution in [0.1, 0.15) is 40.6 Å². The Hall–Kier alpha value is -2.60. The molecule has 1 unspecified atom stereocenters. The number of ether oxygens (including phenoxy) is 1. The highest BCUT2D eigenvalue weighted by Gasteiger charge is 2.22. The lowest BCUT2D eigenvalue weighted by atomic mass is 10.1. The summed E-state index contributed by atoms with van der Waals surface area (Å²) in [6, 6.07) is 8.49. The van der Waals surface area contributed by atoms with E-state index in [1.165, 1.54) is 0 Å². The topological polar surface area (TPSA) is 71.9 Å². The first-order valence-electron chi connectivity index (χ1n) is 8.12. The number of amides is 1. The van der Waals surface area contributed by atoms with Gasteiger partial charge in [0.25, 0.3) is 5.91 Å². The molecule has 1 fully saturated rings. The van der Waals surface area contributed by atoms with Crippen molar-refractivity contribution in [2.45, 2.75) is 25.9 Å². The first-order valence-corrected chi connectivity index (χ1v) is 8.12. The van der Waals surface area contributed by atoms with E-state index in [1.54, 1.807) is 17.1 Å². The van der Waals surface area contributed by atoms with Gasteiger partial charge in [-0.2, -0.15) is 5.10 Å². The lowest BCUT2D eigenvalue weighted by molar-refractivity contribution is -0.0286. The summed E-state index contributed by atoms with van der Waals surface area (Å²) in [7, 11) is 0. The molecule has 1 aromatic carbocycles. The molecular weight excluding hydrogens is 304 g/mol. The molecule has 3 heterocycles. The zero-order valence-electron chi connectivity index (χ0n) is 13.7. The third kappa shape index (κ3) is 2.69. The van der Waals surface area contributed by atoms with E-state index in [2.05, 4.69) is 33.6 Å². The fourth-order valence-corrected chi connectivity index (χ4v) is 2.96. The summed E-state index contributed by atoms with van der Waals surface area (Å²) >= 11 is 0. The molecule has 1 aliphatic rings. The predicted molar refractivity (Wildman–Crippen MR) is 91.0 cm³/mol. The van der Waals surface area contributed by atoms with Crippen LogP contribution < -0.4 is 5.32 Å². The minimum absolute atomic E-state index is 0.0764. The van der Waals surface area contributed by atoms with Crippen molar-refractivity contribution in [2.24, 2.45) is 0 Å². The van der Waals surface area contributed by atoms with Gasteiger partial charge in [-0.1, -0.05) is 6.07 Å². The molecule has 0 radical (unpaired) electrons. The van der Waals surface area contributed by atoms with Crippen LogP contribution >= 0.6 is 0 Å². The number of H-pyrrole nitrogens is 1. The van der Waals surface area contributed by atoms with Gasteiger partial charge in [0.2, 0.25) is 0 Å². The van der Waals surface area contributed by atoms with E-state index in [0.29, 0.717) is 18.8 Å².